The van der Waals surface area contributed by atoms with Gasteiger partial charge in [0.25, 0.3) is 0 Å². The summed E-state index contributed by atoms with van der Waals surface area (Å²) in [5, 5.41) is 0. The maximum absolute atomic E-state index is 11.9. The number of hydrogen-bond acceptors (Lipinski definition) is 4. The molecular weight excluding hydrogens is 256 g/mol. The zero-order chi connectivity index (χ0) is 15.2. The molecule has 0 spiro atoms. The topological polar surface area (TPSA) is 52.6 Å². The molecule has 0 heterocycles. The number of esters is 2. The summed E-state index contributed by atoms with van der Waals surface area (Å²) in [5.41, 5.74) is 0. The first-order chi connectivity index (χ1) is 9.65. The van der Waals surface area contributed by atoms with Crippen molar-refractivity contribution < 1.29 is 19.1 Å². The van der Waals surface area contributed by atoms with Crippen molar-refractivity contribution in [1.29, 1.82) is 0 Å². The van der Waals surface area contributed by atoms with Gasteiger partial charge in [-0.2, -0.15) is 0 Å². The molecule has 4 heteroatoms. The maximum atomic E-state index is 11.9. The third-order valence-electron chi connectivity index (χ3n) is 3.26. The van der Waals surface area contributed by atoms with Crippen LogP contribution in [0.3, 0.4) is 0 Å². The van der Waals surface area contributed by atoms with E-state index in [9.17, 15) is 9.59 Å². The summed E-state index contributed by atoms with van der Waals surface area (Å²) in [6.45, 7) is 6.62. The van der Waals surface area contributed by atoms with Gasteiger partial charge < -0.3 is 9.47 Å². The van der Waals surface area contributed by atoms with Gasteiger partial charge in [0.1, 0.15) is 0 Å². The highest BCUT2D eigenvalue weighted by molar-refractivity contribution is 5.72. The lowest BCUT2D eigenvalue weighted by Gasteiger charge is -2.15. The number of carbonyl (C=O) groups excluding carboxylic acids is 2. The third-order valence-corrected chi connectivity index (χ3v) is 3.26. The van der Waals surface area contributed by atoms with Crippen LogP contribution in [0.4, 0.5) is 0 Å². The molecule has 0 aromatic rings. The van der Waals surface area contributed by atoms with E-state index in [0.717, 1.165) is 19.3 Å². The van der Waals surface area contributed by atoms with Gasteiger partial charge in [0, 0.05) is 6.42 Å². The van der Waals surface area contributed by atoms with E-state index in [1.165, 1.54) is 12.8 Å². The summed E-state index contributed by atoms with van der Waals surface area (Å²) in [4.78, 5) is 23.2. The Balaban J connectivity index is 4.03. The maximum Gasteiger partial charge on any atom is 0.308 e. The molecule has 0 bridgehead atoms. The first-order valence-corrected chi connectivity index (χ1v) is 7.97. The molecule has 20 heavy (non-hydrogen) atoms. The molecule has 0 aliphatic rings. The van der Waals surface area contributed by atoms with Gasteiger partial charge >= 0.3 is 11.9 Å². The Morgan fingerprint density at radius 1 is 0.850 bits per heavy atom. The van der Waals surface area contributed by atoms with Gasteiger partial charge in [-0.05, 0) is 33.1 Å². The molecule has 118 valence electrons. The molecule has 0 radical (unpaired) electrons. The fourth-order valence-electron chi connectivity index (χ4n) is 2.18. The van der Waals surface area contributed by atoms with Crippen molar-refractivity contribution in [3.63, 3.8) is 0 Å². The number of ether oxygens (including phenoxy) is 2. The minimum absolute atomic E-state index is 0.0683. The van der Waals surface area contributed by atoms with E-state index in [1.54, 1.807) is 6.92 Å². The summed E-state index contributed by atoms with van der Waals surface area (Å²) in [6.07, 6.45) is 7.26. The van der Waals surface area contributed by atoms with Gasteiger partial charge in [0.15, 0.2) is 0 Å². The van der Waals surface area contributed by atoms with Gasteiger partial charge in [-0.15, -0.1) is 0 Å². The van der Waals surface area contributed by atoms with Crippen LogP contribution in [0.25, 0.3) is 0 Å². The van der Waals surface area contributed by atoms with Gasteiger partial charge in [0.05, 0.1) is 19.1 Å². The van der Waals surface area contributed by atoms with Crippen LogP contribution < -0.4 is 0 Å². The first-order valence-electron chi connectivity index (χ1n) is 7.97. The Morgan fingerprint density at radius 3 is 2.10 bits per heavy atom. The monoisotopic (exact) mass is 286 g/mol. The Labute approximate surface area is 123 Å². The van der Waals surface area contributed by atoms with Crippen LogP contribution in [-0.2, 0) is 19.1 Å². The summed E-state index contributed by atoms with van der Waals surface area (Å²) in [6, 6.07) is 0. The van der Waals surface area contributed by atoms with E-state index in [0.29, 0.717) is 32.5 Å². The van der Waals surface area contributed by atoms with Crippen LogP contribution in [0.2, 0.25) is 0 Å². The molecular formula is C16H30O4. The van der Waals surface area contributed by atoms with E-state index in [-0.39, 0.29) is 17.9 Å². The van der Waals surface area contributed by atoms with Crippen molar-refractivity contribution in [2.75, 3.05) is 13.2 Å². The second kappa shape index (κ2) is 12.9. The lowest BCUT2D eigenvalue weighted by atomic mass is 9.95. The molecule has 1 unspecified atom stereocenters. The molecule has 0 aliphatic heterocycles. The zero-order valence-electron chi connectivity index (χ0n) is 13.3. The van der Waals surface area contributed by atoms with Crippen molar-refractivity contribution in [2.24, 2.45) is 5.92 Å². The number of carbonyl (C=O) groups is 2. The predicted octanol–water partition coefficient (Wildman–Crippen LogP) is 3.87. The highest BCUT2D eigenvalue weighted by Gasteiger charge is 2.19. The van der Waals surface area contributed by atoms with Crippen molar-refractivity contribution in [3.8, 4) is 0 Å². The molecule has 4 nitrogen and oxygen atoms in total. The highest BCUT2D eigenvalue weighted by atomic mass is 16.5. The van der Waals surface area contributed by atoms with E-state index < -0.39 is 0 Å². The summed E-state index contributed by atoms with van der Waals surface area (Å²) >= 11 is 0. The highest BCUT2D eigenvalue weighted by Crippen LogP contribution is 2.19. The Morgan fingerprint density at radius 2 is 1.50 bits per heavy atom. The van der Waals surface area contributed by atoms with Crippen LogP contribution in [0.15, 0.2) is 0 Å². The molecule has 0 aromatic carbocycles. The Hall–Kier alpha value is -1.06. The zero-order valence-corrected chi connectivity index (χ0v) is 13.3. The molecule has 0 aliphatic carbocycles. The van der Waals surface area contributed by atoms with Gasteiger partial charge in [0.2, 0.25) is 0 Å². The Kier molecular flexibility index (Phi) is 12.3. The Bertz CT molecular complexity index is 263. The van der Waals surface area contributed by atoms with Crippen molar-refractivity contribution in [1.82, 2.24) is 0 Å². The van der Waals surface area contributed by atoms with Gasteiger partial charge in [-0.25, -0.2) is 0 Å². The normalized spacial score (nSPS) is 11.9. The van der Waals surface area contributed by atoms with Crippen LogP contribution in [0, 0.1) is 5.92 Å². The lowest BCUT2D eigenvalue weighted by molar-refractivity contribution is -0.149. The predicted molar refractivity (Wildman–Crippen MR) is 79.4 cm³/mol. The standard InChI is InChI=1S/C16H30O4/c1-4-7-8-9-11-14(16(18)20-6-3)12-10-13-15(17)19-5-2/h14H,4-13H2,1-3H3. The molecule has 0 saturated carbocycles. The SMILES string of the molecule is CCCCCCC(CCCC(=O)OCC)C(=O)OCC. The molecule has 0 N–H and O–H groups in total. The average Bonchev–Trinajstić information content (AvgIpc) is 2.42. The molecule has 1 atom stereocenters. The number of rotatable bonds is 12. The molecule has 0 amide bonds. The largest absolute Gasteiger partial charge is 0.466 e. The van der Waals surface area contributed by atoms with Crippen LogP contribution >= 0.6 is 0 Å². The van der Waals surface area contributed by atoms with E-state index >= 15 is 0 Å². The lowest BCUT2D eigenvalue weighted by Crippen LogP contribution is -2.18. The molecule has 0 fully saturated rings. The smallest absolute Gasteiger partial charge is 0.308 e. The van der Waals surface area contributed by atoms with Gasteiger partial charge in [-0.1, -0.05) is 32.6 Å². The van der Waals surface area contributed by atoms with Crippen molar-refractivity contribution in [2.45, 2.75) is 72.1 Å². The van der Waals surface area contributed by atoms with Crippen molar-refractivity contribution in [3.05, 3.63) is 0 Å². The molecule has 0 saturated heterocycles. The van der Waals surface area contributed by atoms with E-state index in [1.807, 2.05) is 6.92 Å². The summed E-state index contributed by atoms with van der Waals surface area (Å²) < 4.78 is 10.0. The minimum Gasteiger partial charge on any atom is -0.466 e. The number of unbranched alkanes of at least 4 members (excludes halogenated alkanes) is 3. The van der Waals surface area contributed by atoms with Crippen LogP contribution in [0.5, 0.6) is 0 Å². The van der Waals surface area contributed by atoms with E-state index in [2.05, 4.69) is 6.92 Å². The summed E-state index contributed by atoms with van der Waals surface area (Å²) in [5.74, 6) is -0.366. The van der Waals surface area contributed by atoms with Crippen LogP contribution in [0.1, 0.15) is 72.1 Å². The molecule has 0 aromatic heterocycles. The van der Waals surface area contributed by atoms with Crippen molar-refractivity contribution >= 4 is 11.9 Å². The number of hydrogen-bond donors (Lipinski definition) is 0. The summed E-state index contributed by atoms with van der Waals surface area (Å²) in [7, 11) is 0. The fraction of sp³-hybridized carbons (Fsp3) is 0.875. The minimum atomic E-state index is -0.180. The fourth-order valence-corrected chi connectivity index (χ4v) is 2.18. The van der Waals surface area contributed by atoms with Crippen LogP contribution in [-0.4, -0.2) is 25.2 Å². The third kappa shape index (κ3) is 9.82. The second-order valence-corrected chi connectivity index (χ2v) is 5.00. The molecule has 0 rings (SSSR count). The quantitative estimate of drug-likeness (QED) is 0.404. The first kappa shape index (κ1) is 18.9. The van der Waals surface area contributed by atoms with Gasteiger partial charge in [-0.3, -0.25) is 9.59 Å². The average molecular weight is 286 g/mol. The second-order valence-electron chi connectivity index (χ2n) is 5.00. The van der Waals surface area contributed by atoms with E-state index in [4.69, 9.17) is 9.47 Å².